The van der Waals surface area contributed by atoms with Crippen molar-refractivity contribution < 1.29 is 27.8 Å². The maximum atomic E-state index is 13.4. The summed E-state index contributed by atoms with van der Waals surface area (Å²) >= 11 is 0. The van der Waals surface area contributed by atoms with Crippen LogP contribution in [0.1, 0.15) is 17.4 Å². The van der Waals surface area contributed by atoms with Crippen molar-refractivity contribution >= 4 is 17.6 Å². The van der Waals surface area contributed by atoms with E-state index in [2.05, 4.69) is 0 Å². The highest BCUT2D eigenvalue weighted by molar-refractivity contribution is 5.96. The van der Waals surface area contributed by atoms with Gasteiger partial charge in [0.1, 0.15) is 17.3 Å². The number of hydrogen-bond donors (Lipinski definition) is 1. The first-order chi connectivity index (χ1) is 10.9. The van der Waals surface area contributed by atoms with Crippen molar-refractivity contribution in [3.63, 3.8) is 0 Å². The minimum atomic E-state index is -1.36. The third-order valence-electron chi connectivity index (χ3n) is 2.90. The molecule has 120 valence electrons. The Morgan fingerprint density at radius 2 is 1.83 bits per heavy atom. The standard InChI is InChI=1S/C15H12F2N2O4/c1-9(23-15(21)12-7-2-3-8-19(12)22)14(20)18-13-10(16)5-4-6-11(13)17/h2-9H,1H3,(H,18,20)/t9-/m1/s1. The van der Waals surface area contributed by atoms with Gasteiger partial charge in [-0.3, -0.25) is 4.79 Å². The molecule has 0 unspecified atom stereocenters. The molecule has 1 atom stereocenters. The van der Waals surface area contributed by atoms with Gasteiger partial charge in [-0.25, -0.2) is 13.6 Å². The van der Waals surface area contributed by atoms with Gasteiger partial charge in [0.2, 0.25) is 0 Å². The third kappa shape index (κ3) is 3.79. The fraction of sp³-hybridized carbons (Fsp3) is 0.133. The first kappa shape index (κ1) is 16.3. The van der Waals surface area contributed by atoms with Crippen molar-refractivity contribution in [1.82, 2.24) is 0 Å². The van der Waals surface area contributed by atoms with E-state index >= 15 is 0 Å². The molecule has 23 heavy (non-hydrogen) atoms. The highest BCUT2D eigenvalue weighted by Crippen LogP contribution is 2.18. The quantitative estimate of drug-likeness (QED) is 0.528. The van der Waals surface area contributed by atoms with Crippen LogP contribution in [-0.4, -0.2) is 18.0 Å². The molecule has 1 amide bonds. The zero-order chi connectivity index (χ0) is 17.0. The molecule has 2 rings (SSSR count). The van der Waals surface area contributed by atoms with Crippen LogP contribution >= 0.6 is 0 Å². The van der Waals surface area contributed by atoms with E-state index in [-0.39, 0.29) is 10.4 Å². The van der Waals surface area contributed by atoms with Crippen molar-refractivity contribution in [2.24, 2.45) is 0 Å². The first-order valence-corrected chi connectivity index (χ1v) is 6.54. The maximum Gasteiger partial charge on any atom is 0.405 e. The Morgan fingerprint density at radius 1 is 1.17 bits per heavy atom. The zero-order valence-electron chi connectivity index (χ0n) is 12.0. The lowest BCUT2D eigenvalue weighted by atomic mass is 10.2. The second-order valence-corrected chi connectivity index (χ2v) is 4.55. The Labute approximate surface area is 129 Å². The second-order valence-electron chi connectivity index (χ2n) is 4.55. The van der Waals surface area contributed by atoms with Gasteiger partial charge in [-0.2, -0.15) is 4.73 Å². The van der Waals surface area contributed by atoms with E-state index in [1.165, 1.54) is 25.1 Å². The molecule has 0 bridgehead atoms. The van der Waals surface area contributed by atoms with Crippen LogP contribution in [0, 0.1) is 16.8 Å². The number of para-hydroxylation sites is 1. The van der Waals surface area contributed by atoms with Gasteiger partial charge in [-0.1, -0.05) is 6.07 Å². The lowest BCUT2D eigenvalue weighted by molar-refractivity contribution is -0.608. The molecule has 0 aliphatic rings. The van der Waals surface area contributed by atoms with Crippen LogP contribution < -0.4 is 10.0 Å². The smallest absolute Gasteiger partial charge is 0.405 e. The number of anilines is 1. The largest absolute Gasteiger partial charge is 0.618 e. The highest BCUT2D eigenvalue weighted by atomic mass is 19.1. The molecule has 1 aromatic heterocycles. The van der Waals surface area contributed by atoms with Crippen LogP contribution in [0.5, 0.6) is 0 Å². The van der Waals surface area contributed by atoms with Gasteiger partial charge in [0.25, 0.3) is 5.91 Å². The van der Waals surface area contributed by atoms with Crippen LogP contribution in [0.25, 0.3) is 0 Å². The van der Waals surface area contributed by atoms with Gasteiger partial charge < -0.3 is 15.3 Å². The van der Waals surface area contributed by atoms with E-state index in [1.807, 2.05) is 5.32 Å². The van der Waals surface area contributed by atoms with E-state index in [0.29, 0.717) is 0 Å². The van der Waals surface area contributed by atoms with E-state index < -0.39 is 35.3 Å². The molecule has 1 aromatic carbocycles. The zero-order valence-corrected chi connectivity index (χ0v) is 12.0. The number of carbonyl (C=O) groups excluding carboxylic acids is 2. The average molecular weight is 322 g/mol. The van der Waals surface area contributed by atoms with E-state index in [1.54, 1.807) is 0 Å². The van der Waals surface area contributed by atoms with Gasteiger partial charge in [0.05, 0.1) is 0 Å². The Kier molecular flexibility index (Phi) is 4.85. The molecule has 6 nitrogen and oxygen atoms in total. The predicted octanol–water partition coefficient (Wildman–Crippen LogP) is 1.78. The van der Waals surface area contributed by atoms with Crippen LogP contribution in [0.2, 0.25) is 0 Å². The number of halogens is 2. The number of aromatic nitrogens is 1. The molecule has 0 radical (unpaired) electrons. The number of nitrogens with zero attached hydrogens (tertiary/aromatic N) is 1. The molecule has 0 saturated heterocycles. The Bertz CT molecular complexity index is 732. The van der Waals surface area contributed by atoms with E-state index in [9.17, 15) is 23.6 Å². The molecule has 1 heterocycles. The van der Waals surface area contributed by atoms with Crippen molar-refractivity contribution in [3.8, 4) is 0 Å². The van der Waals surface area contributed by atoms with Gasteiger partial charge >= 0.3 is 11.7 Å². The van der Waals surface area contributed by atoms with Crippen LogP contribution in [0.3, 0.4) is 0 Å². The fourth-order valence-electron chi connectivity index (χ4n) is 1.70. The normalized spacial score (nSPS) is 11.6. The molecule has 1 N–H and O–H groups in total. The van der Waals surface area contributed by atoms with Gasteiger partial charge in [0, 0.05) is 12.1 Å². The number of benzene rings is 1. The number of pyridine rings is 1. The summed E-state index contributed by atoms with van der Waals surface area (Å²) in [4.78, 5) is 23.7. The highest BCUT2D eigenvalue weighted by Gasteiger charge is 2.25. The molecule has 0 aliphatic heterocycles. The number of esters is 1. The summed E-state index contributed by atoms with van der Waals surface area (Å²) in [6.07, 6.45) is -0.266. The second kappa shape index (κ2) is 6.82. The van der Waals surface area contributed by atoms with Gasteiger partial charge in [-0.15, -0.1) is 0 Å². The minimum Gasteiger partial charge on any atom is -0.618 e. The number of nitrogens with one attached hydrogen (secondary N) is 1. The van der Waals surface area contributed by atoms with Crippen molar-refractivity contribution in [2.75, 3.05) is 5.32 Å². The predicted molar refractivity (Wildman–Crippen MR) is 75.3 cm³/mol. The fourth-order valence-corrected chi connectivity index (χ4v) is 1.70. The number of hydrogen-bond acceptors (Lipinski definition) is 4. The number of carbonyl (C=O) groups is 2. The van der Waals surface area contributed by atoms with Gasteiger partial charge in [-0.05, 0) is 25.1 Å². The van der Waals surface area contributed by atoms with Crippen molar-refractivity contribution in [2.45, 2.75) is 13.0 Å². The summed E-state index contributed by atoms with van der Waals surface area (Å²) in [6, 6.07) is 7.17. The third-order valence-corrected chi connectivity index (χ3v) is 2.90. The topological polar surface area (TPSA) is 82.3 Å². The molecule has 0 fully saturated rings. The summed E-state index contributed by atoms with van der Waals surface area (Å²) in [5, 5.41) is 13.4. The Hall–Kier alpha value is -3.03. The maximum absolute atomic E-state index is 13.4. The lowest BCUT2D eigenvalue weighted by Crippen LogP contribution is -2.37. The summed E-state index contributed by atoms with van der Waals surface area (Å²) < 4.78 is 32.0. The average Bonchev–Trinajstić information content (AvgIpc) is 2.51. The Balaban J connectivity index is 2.06. The van der Waals surface area contributed by atoms with Crippen LogP contribution in [0.4, 0.5) is 14.5 Å². The van der Waals surface area contributed by atoms with Crippen molar-refractivity contribution in [1.29, 1.82) is 0 Å². The monoisotopic (exact) mass is 322 g/mol. The number of ether oxygens (including phenoxy) is 1. The Morgan fingerprint density at radius 3 is 2.43 bits per heavy atom. The van der Waals surface area contributed by atoms with E-state index in [4.69, 9.17) is 4.74 Å². The molecular weight excluding hydrogens is 310 g/mol. The van der Waals surface area contributed by atoms with Crippen LogP contribution in [0.15, 0.2) is 42.6 Å². The number of rotatable bonds is 4. The summed E-state index contributed by atoms with van der Waals surface area (Å²) in [7, 11) is 0. The van der Waals surface area contributed by atoms with Crippen molar-refractivity contribution in [3.05, 3.63) is 65.1 Å². The minimum absolute atomic E-state index is 0.281. The first-order valence-electron chi connectivity index (χ1n) is 6.54. The number of amides is 1. The molecule has 0 saturated carbocycles. The van der Waals surface area contributed by atoms with Gasteiger partial charge in [0.15, 0.2) is 12.3 Å². The SMILES string of the molecule is C[C@@H](OC(=O)c1cccc[n+]1[O-])C(=O)Nc1c(F)cccc1F. The molecule has 2 aromatic rings. The summed E-state index contributed by atoms with van der Waals surface area (Å²) in [5.74, 6) is -3.89. The molecule has 8 heteroatoms. The molecule has 0 aliphatic carbocycles. The summed E-state index contributed by atoms with van der Waals surface area (Å²) in [5.41, 5.74) is -0.955. The van der Waals surface area contributed by atoms with Crippen LogP contribution in [-0.2, 0) is 9.53 Å². The lowest BCUT2D eigenvalue weighted by Gasteiger charge is -2.13. The molecular formula is C15H12F2N2O4. The summed E-state index contributed by atoms with van der Waals surface area (Å²) in [6.45, 7) is 1.21. The van der Waals surface area contributed by atoms with E-state index in [0.717, 1.165) is 24.4 Å². The molecule has 0 spiro atoms.